The molecule has 12 aromatic rings. The zero-order chi connectivity index (χ0) is 52.5. The Morgan fingerprint density at radius 3 is 0.947 bits per heavy atom. The largest absolute Gasteiger partial charge is 0.307 e. The van der Waals surface area contributed by atoms with Gasteiger partial charge in [0.2, 0.25) is 0 Å². The summed E-state index contributed by atoms with van der Waals surface area (Å²) in [5, 5.41) is 6.13. The first-order valence-electron chi connectivity index (χ1n) is 26.2. The van der Waals surface area contributed by atoms with Crippen molar-refractivity contribution in [2.24, 2.45) is 0 Å². The molecule has 0 aliphatic rings. The monoisotopic (exact) mass is 988 g/mol. The predicted molar refractivity (Wildman–Crippen MR) is 319 cm³/mol. The molecule has 0 N–H and O–H groups in total. The van der Waals surface area contributed by atoms with E-state index in [1.807, 2.05) is 84.9 Å². The number of anilines is 6. The van der Waals surface area contributed by atoms with Gasteiger partial charge in [0.1, 0.15) is 0 Å². The molecule has 0 amide bonds. The molecule has 12 rings (SSSR count). The highest BCUT2D eigenvalue weighted by atomic mass is 19.1. The third-order valence-electron chi connectivity index (χ3n) is 16.1. The van der Waals surface area contributed by atoms with Crippen molar-refractivity contribution >= 4 is 66.4 Å². The Morgan fingerprint density at radius 1 is 0.276 bits per heavy atom. The van der Waals surface area contributed by atoms with Gasteiger partial charge in [-0.3, -0.25) is 0 Å². The highest BCUT2D eigenvalue weighted by Gasteiger charge is 2.28. The van der Waals surface area contributed by atoms with Crippen molar-refractivity contribution in [2.75, 3.05) is 9.80 Å². The van der Waals surface area contributed by atoms with Gasteiger partial charge < -0.3 is 9.80 Å². The van der Waals surface area contributed by atoms with Crippen LogP contribution >= 0.6 is 0 Å². The maximum absolute atomic E-state index is 18.5. The summed E-state index contributed by atoms with van der Waals surface area (Å²) >= 11 is 0. The number of halogens is 2. The van der Waals surface area contributed by atoms with Crippen molar-refractivity contribution in [3.05, 3.63) is 262 Å². The van der Waals surface area contributed by atoms with Gasteiger partial charge >= 0.3 is 0 Å². The molecular weight excluding hydrogens is 931 g/mol. The van der Waals surface area contributed by atoms with E-state index in [0.717, 1.165) is 122 Å². The van der Waals surface area contributed by atoms with Crippen LogP contribution in [-0.4, -0.2) is 0 Å². The summed E-state index contributed by atoms with van der Waals surface area (Å²) < 4.78 is 37.0. The van der Waals surface area contributed by atoms with Gasteiger partial charge in [-0.1, -0.05) is 158 Å². The lowest BCUT2D eigenvalue weighted by atomic mass is 9.89. The zero-order valence-corrected chi connectivity index (χ0v) is 44.3. The van der Waals surface area contributed by atoms with Crippen LogP contribution in [0.15, 0.2) is 206 Å². The van der Waals surface area contributed by atoms with Crippen LogP contribution in [0.2, 0.25) is 0 Å². The Morgan fingerprint density at radius 2 is 0.592 bits per heavy atom. The fourth-order valence-electron chi connectivity index (χ4n) is 11.3. The average Bonchev–Trinajstić information content (AvgIpc) is 3.50. The molecule has 0 bridgehead atoms. The summed E-state index contributed by atoms with van der Waals surface area (Å²) in [6, 6.07) is 70.8. The molecule has 12 aromatic carbocycles. The van der Waals surface area contributed by atoms with E-state index in [4.69, 9.17) is 0 Å². The van der Waals surface area contributed by atoms with Gasteiger partial charge in [0, 0.05) is 33.3 Å². The molecule has 370 valence electrons. The molecule has 0 fully saturated rings. The highest BCUT2D eigenvalue weighted by Crippen LogP contribution is 2.51. The topological polar surface area (TPSA) is 6.48 Å². The molecule has 0 atom stereocenters. The number of hydrogen-bond acceptors (Lipinski definition) is 2. The third kappa shape index (κ3) is 8.17. The molecule has 0 saturated heterocycles. The van der Waals surface area contributed by atoms with Crippen LogP contribution in [0.5, 0.6) is 0 Å². The predicted octanol–water partition coefficient (Wildman–Crippen LogP) is 20.9. The molecular formula is C72H58F2N2. The van der Waals surface area contributed by atoms with Gasteiger partial charge in [-0.2, -0.15) is 0 Å². The van der Waals surface area contributed by atoms with E-state index < -0.39 is 0 Å². The Hall–Kier alpha value is -8.86. The minimum atomic E-state index is -0.306. The second-order valence-electron chi connectivity index (χ2n) is 20.8. The summed E-state index contributed by atoms with van der Waals surface area (Å²) in [4.78, 5) is 4.15. The Labute approximate surface area is 445 Å². The van der Waals surface area contributed by atoms with Gasteiger partial charge in [-0.05, 0) is 203 Å². The van der Waals surface area contributed by atoms with E-state index in [1.54, 1.807) is 0 Å². The van der Waals surface area contributed by atoms with Crippen molar-refractivity contribution in [2.45, 2.75) is 55.4 Å². The highest BCUT2D eigenvalue weighted by molar-refractivity contribution is 6.28. The van der Waals surface area contributed by atoms with Crippen LogP contribution in [0, 0.1) is 67.0 Å². The van der Waals surface area contributed by atoms with Crippen molar-refractivity contribution in [3.8, 4) is 44.5 Å². The maximum Gasteiger partial charge on any atom is 0.155 e. The van der Waals surface area contributed by atoms with Crippen LogP contribution in [0.4, 0.5) is 42.9 Å². The SMILES string of the molecule is Cc1ccc(-c2ccc(N(c3ccccc3)c3ccc4ccc5c(N(c6ccccc6)c6ccc(-c7ccc(C)c(C)c7)c(-c7ccc(C)c(C)c7)c6F)ccc6ccc3c4c65)c(F)c2-c2ccc(C)c(C)c2)cc1C. The van der Waals surface area contributed by atoms with E-state index in [9.17, 15) is 0 Å². The van der Waals surface area contributed by atoms with Gasteiger partial charge in [0.05, 0.1) is 22.7 Å². The number of rotatable bonds is 10. The lowest BCUT2D eigenvalue weighted by molar-refractivity contribution is 0.632. The number of hydrogen-bond donors (Lipinski definition) is 0. The molecule has 0 saturated carbocycles. The first kappa shape index (κ1) is 48.1. The zero-order valence-electron chi connectivity index (χ0n) is 44.3. The van der Waals surface area contributed by atoms with E-state index in [1.165, 1.54) is 11.1 Å². The quantitative estimate of drug-likeness (QED) is 0.126. The molecule has 0 unspecified atom stereocenters. The normalized spacial score (nSPS) is 11.6. The van der Waals surface area contributed by atoms with E-state index in [0.29, 0.717) is 22.5 Å². The molecule has 0 heterocycles. The second-order valence-corrected chi connectivity index (χ2v) is 20.8. The third-order valence-corrected chi connectivity index (χ3v) is 16.1. The van der Waals surface area contributed by atoms with Crippen LogP contribution in [0.3, 0.4) is 0 Å². The standard InChI is InChI=1S/C72H58F2N2/c1-43-19-23-53(39-47(43)5)59-33-37-65(71(73)69(59)55-25-21-45(3)49(7)41-55)75(57-15-11-9-12-16-57)63-35-29-51-28-32-62-64(36-30-52-27-31-61(63)67(51)68(52)62)76(58-17-13-10-14-18-58)66-38-34-60(54-24-20-44(2)48(6)40-54)70(72(66)74)56-26-22-46(4)50(8)42-56/h9-42H,1-8H3. The van der Waals surface area contributed by atoms with Gasteiger partial charge in [0.25, 0.3) is 0 Å². The number of para-hydroxylation sites is 2. The van der Waals surface area contributed by atoms with Crippen molar-refractivity contribution in [3.63, 3.8) is 0 Å². The lowest BCUT2D eigenvalue weighted by Crippen LogP contribution is -2.14. The minimum absolute atomic E-state index is 0.306. The van der Waals surface area contributed by atoms with Gasteiger partial charge in [-0.25, -0.2) is 8.78 Å². The number of aryl methyl sites for hydroxylation is 8. The lowest BCUT2D eigenvalue weighted by Gasteiger charge is -2.30. The summed E-state index contributed by atoms with van der Waals surface area (Å²) in [6.45, 7) is 16.8. The maximum atomic E-state index is 18.5. The number of benzene rings is 12. The molecule has 0 aromatic heterocycles. The summed E-state index contributed by atoms with van der Waals surface area (Å²) in [7, 11) is 0. The Bertz CT molecular complexity index is 3960. The fourth-order valence-corrected chi connectivity index (χ4v) is 11.3. The molecule has 0 aliphatic carbocycles. The summed E-state index contributed by atoms with van der Waals surface area (Å²) in [5.74, 6) is -0.611. The minimum Gasteiger partial charge on any atom is -0.307 e. The molecule has 2 nitrogen and oxygen atoms in total. The summed E-state index contributed by atoms with van der Waals surface area (Å²) in [6.07, 6.45) is 0. The molecule has 0 aliphatic heterocycles. The fraction of sp³-hybridized carbons (Fsp3) is 0.111. The average molecular weight is 989 g/mol. The van der Waals surface area contributed by atoms with Crippen molar-refractivity contribution < 1.29 is 8.78 Å². The first-order chi connectivity index (χ1) is 36.8. The first-order valence-corrected chi connectivity index (χ1v) is 26.2. The van der Waals surface area contributed by atoms with Crippen LogP contribution in [0.1, 0.15) is 44.5 Å². The second kappa shape index (κ2) is 19.1. The molecule has 0 radical (unpaired) electrons. The van der Waals surface area contributed by atoms with E-state index in [-0.39, 0.29) is 11.6 Å². The Balaban J connectivity index is 1.09. The van der Waals surface area contributed by atoms with Crippen LogP contribution in [0.25, 0.3) is 76.8 Å². The van der Waals surface area contributed by atoms with Gasteiger partial charge in [-0.15, -0.1) is 0 Å². The number of nitrogens with zero attached hydrogens (tertiary/aromatic N) is 2. The van der Waals surface area contributed by atoms with Crippen molar-refractivity contribution in [1.29, 1.82) is 0 Å². The van der Waals surface area contributed by atoms with Gasteiger partial charge in [0.15, 0.2) is 11.6 Å². The van der Waals surface area contributed by atoms with E-state index in [2.05, 4.69) is 187 Å². The molecule has 0 spiro atoms. The van der Waals surface area contributed by atoms with E-state index >= 15 is 8.78 Å². The van der Waals surface area contributed by atoms with Crippen LogP contribution < -0.4 is 9.80 Å². The molecule has 76 heavy (non-hydrogen) atoms. The smallest absolute Gasteiger partial charge is 0.155 e. The Kier molecular flexibility index (Phi) is 12.1. The summed E-state index contributed by atoms with van der Waals surface area (Å²) in [5.41, 5.74) is 19.8. The van der Waals surface area contributed by atoms with Crippen molar-refractivity contribution in [1.82, 2.24) is 0 Å². The van der Waals surface area contributed by atoms with Crippen LogP contribution in [-0.2, 0) is 0 Å². The molecule has 4 heteroatoms.